The van der Waals surface area contributed by atoms with Crippen LogP contribution in [0.4, 0.5) is 17.6 Å². The highest BCUT2D eigenvalue weighted by molar-refractivity contribution is 5.89. The quantitative estimate of drug-likeness (QED) is 0.210. The van der Waals surface area contributed by atoms with Crippen LogP contribution in [0.5, 0.6) is 0 Å². The SMILES string of the molecule is C=C(OCC)c1cnc2ccccc2c1C(O)(c1ccc2c(cnn2-c2ccc(F)cc2)c1)C(F)(F)F. The van der Waals surface area contributed by atoms with Crippen LogP contribution in [0.2, 0.25) is 0 Å². The number of hydrogen-bond donors (Lipinski definition) is 1. The summed E-state index contributed by atoms with van der Waals surface area (Å²) < 4.78 is 65.1. The molecule has 0 saturated heterocycles. The van der Waals surface area contributed by atoms with E-state index in [-0.39, 0.29) is 28.8 Å². The average Bonchev–Trinajstić information content (AvgIpc) is 3.31. The van der Waals surface area contributed by atoms with E-state index in [1.807, 2.05) is 0 Å². The van der Waals surface area contributed by atoms with Gasteiger partial charge in [0.25, 0.3) is 0 Å². The van der Waals surface area contributed by atoms with Gasteiger partial charge in [-0.2, -0.15) is 18.3 Å². The van der Waals surface area contributed by atoms with Gasteiger partial charge in [-0.25, -0.2) is 9.07 Å². The van der Waals surface area contributed by atoms with Crippen molar-refractivity contribution < 1.29 is 27.4 Å². The van der Waals surface area contributed by atoms with E-state index in [0.717, 1.165) is 0 Å². The molecule has 2 heterocycles. The first-order valence-corrected chi connectivity index (χ1v) is 11.4. The first kappa shape index (κ1) is 24.5. The predicted molar refractivity (Wildman–Crippen MR) is 132 cm³/mol. The number of rotatable bonds is 6. The Morgan fingerprint density at radius 3 is 2.46 bits per heavy atom. The molecule has 0 aliphatic carbocycles. The number of ether oxygens (including phenoxy) is 1. The van der Waals surface area contributed by atoms with Crippen molar-refractivity contribution in [3.63, 3.8) is 0 Å². The highest BCUT2D eigenvalue weighted by Gasteiger charge is 2.58. The number of hydrogen-bond acceptors (Lipinski definition) is 4. The Morgan fingerprint density at radius 2 is 1.76 bits per heavy atom. The van der Waals surface area contributed by atoms with Crippen LogP contribution < -0.4 is 0 Å². The monoisotopic (exact) mass is 507 g/mol. The summed E-state index contributed by atoms with van der Waals surface area (Å²) in [5, 5.41) is 16.4. The van der Waals surface area contributed by atoms with Crippen molar-refractivity contribution in [3.8, 4) is 5.69 Å². The highest BCUT2D eigenvalue weighted by atomic mass is 19.4. The smallest absolute Gasteiger partial charge is 0.425 e. The molecule has 0 aliphatic heterocycles. The molecule has 0 radical (unpaired) electrons. The molecule has 0 fully saturated rings. The number of halogens is 4. The Kier molecular flexibility index (Phi) is 5.95. The van der Waals surface area contributed by atoms with Crippen molar-refractivity contribution in [3.05, 3.63) is 108 Å². The summed E-state index contributed by atoms with van der Waals surface area (Å²) >= 11 is 0. The molecule has 1 atom stereocenters. The van der Waals surface area contributed by atoms with Gasteiger partial charge in [-0.15, -0.1) is 0 Å². The maximum absolute atomic E-state index is 14.9. The van der Waals surface area contributed by atoms with Crippen molar-refractivity contribution in [1.29, 1.82) is 0 Å². The van der Waals surface area contributed by atoms with Crippen LogP contribution in [-0.2, 0) is 10.3 Å². The lowest BCUT2D eigenvalue weighted by Crippen LogP contribution is -2.44. The van der Waals surface area contributed by atoms with Gasteiger partial charge in [0, 0.05) is 28.1 Å². The van der Waals surface area contributed by atoms with Crippen LogP contribution in [0.1, 0.15) is 23.6 Å². The summed E-state index contributed by atoms with van der Waals surface area (Å²) in [7, 11) is 0. The van der Waals surface area contributed by atoms with Crippen molar-refractivity contribution in [2.75, 3.05) is 6.61 Å². The fraction of sp³-hybridized carbons (Fsp3) is 0.143. The van der Waals surface area contributed by atoms with Gasteiger partial charge in [-0.3, -0.25) is 4.98 Å². The third-order valence-corrected chi connectivity index (χ3v) is 6.22. The Hall–Kier alpha value is -4.24. The van der Waals surface area contributed by atoms with E-state index in [9.17, 15) is 22.7 Å². The molecule has 2 aromatic heterocycles. The van der Waals surface area contributed by atoms with Crippen LogP contribution >= 0.6 is 0 Å². The molecule has 0 spiro atoms. The number of alkyl halides is 3. The summed E-state index contributed by atoms with van der Waals surface area (Å²) in [5.41, 5.74) is -3.02. The molecular weight excluding hydrogens is 486 g/mol. The number of nitrogens with zero attached hydrogens (tertiary/aromatic N) is 3. The Balaban J connectivity index is 1.77. The molecule has 0 amide bonds. The molecule has 0 bridgehead atoms. The first-order valence-electron chi connectivity index (χ1n) is 11.4. The van der Waals surface area contributed by atoms with Crippen molar-refractivity contribution in [2.24, 2.45) is 0 Å². The second kappa shape index (κ2) is 9.01. The Labute approximate surface area is 209 Å². The molecule has 5 aromatic rings. The molecule has 0 saturated carbocycles. The minimum absolute atomic E-state index is 0.0383. The molecular formula is C28H21F4N3O2. The fourth-order valence-electron chi connectivity index (χ4n) is 4.49. The van der Waals surface area contributed by atoms with Gasteiger partial charge in [0.15, 0.2) is 0 Å². The number of fused-ring (bicyclic) bond motifs is 2. The largest absolute Gasteiger partial charge is 0.494 e. The van der Waals surface area contributed by atoms with E-state index in [0.29, 0.717) is 16.6 Å². The van der Waals surface area contributed by atoms with Crippen molar-refractivity contribution >= 4 is 27.6 Å². The lowest BCUT2D eigenvalue weighted by Gasteiger charge is -2.34. The molecule has 3 aromatic carbocycles. The van der Waals surface area contributed by atoms with Crippen LogP contribution in [0, 0.1) is 5.82 Å². The number of aromatic nitrogens is 3. The number of aliphatic hydroxyl groups is 1. The summed E-state index contributed by atoms with van der Waals surface area (Å²) in [6.07, 6.45) is -2.50. The normalized spacial score (nSPS) is 13.6. The second-order valence-electron chi connectivity index (χ2n) is 8.43. The molecule has 1 N–H and O–H groups in total. The summed E-state index contributed by atoms with van der Waals surface area (Å²) in [5.74, 6) is -0.463. The standard InChI is InChI=1S/C28H21F4N3O2/c1-3-37-17(2)23-16-33-24-7-5-4-6-22(24)26(23)27(36,28(30,31)32)19-8-13-25-18(14-19)15-34-35(25)21-11-9-20(29)10-12-21/h4-16,36H,2-3H2,1H3. The molecule has 0 aliphatic rings. The van der Waals surface area contributed by atoms with Crippen LogP contribution in [0.25, 0.3) is 33.3 Å². The maximum Gasteiger partial charge on any atom is 0.425 e. The predicted octanol–water partition coefficient (Wildman–Crippen LogP) is 6.52. The molecule has 37 heavy (non-hydrogen) atoms. The third-order valence-electron chi connectivity index (χ3n) is 6.22. The van der Waals surface area contributed by atoms with E-state index in [1.165, 1.54) is 65.6 Å². The van der Waals surface area contributed by atoms with E-state index < -0.39 is 28.7 Å². The van der Waals surface area contributed by atoms with Gasteiger partial charge in [0.1, 0.15) is 11.6 Å². The molecule has 5 nitrogen and oxygen atoms in total. The van der Waals surface area contributed by atoms with Gasteiger partial charge in [0.05, 0.1) is 29.5 Å². The van der Waals surface area contributed by atoms with Gasteiger partial charge in [-0.1, -0.05) is 30.8 Å². The Bertz CT molecular complexity index is 1630. The Morgan fingerprint density at radius 1 is 1.03 bits per heavy atom. The maximum atomic E-state index is 14.9. The fourth-order valence-corrected chi connectivity index (χ4v) is 4.49. The van der Waals surface area contributed by atoms with Crippen molar-refractivity contribution in [2.45, 2.75) is 18.7 Å². The first-order chi connectivity index (χ1) is 17.6. The zero-order chi connectivity index (χ0) is 26.4. The van der Waals surface area contributed by atoms with Gasteiger partial charge in [-0.05, 0) is 55.0 Å². The number of benzene rings is 3. The topological polar surface area (TPSA) is 60.2 Å². The minimum Gasteiger partial charge on any atom is -0.494 e. The van der Waals surface area contributed by atoms with Crippen LogP contribution in [0.3, 0.4) is 0 Å². The average molecular weight is 507 g/mol. The molecule has 5 rings (SSSR count). The molecule has 1 unspecified atom stereocenters. The van der Waals surface area contributed by atoms with Crippen LogP contribution in [0.15, 0.2) is 85.7 Å². The van der Waals surface area contributed by atoms with Gasteiger partial charge >= 0.3 is 6.18 Å². The van der Waals surface area contributed by atoms with Crippen LogP contribution in [-0.4, -0.2) is 32.7 Å². The van der Waals surface area contributed by atoms with Gasteiger partial charge < -0.3 is 9.84 Å². The minimum atomic E-state index is -5.13. The van der Waals surface area contributed by atoms with E-state index in [4.69, 9.17) is 4.74 Å². The van der Waals surface area contributed by atoms with E-state index >= 15 is 0 Å². The van der Waals surface area contributed by atoms with Gasteiger partial charge in [0.2, 0.25) is 5.60 Å². The summed E-state index contributed by atoms with van der Waals surface area (Å²) in [4.78, 5) is 4.27. The van der Waals surface area contributed by atoms with E-state index in [1.54, 1.807) is 25.1 Å². The highest BCUT2D eigenvalue weighted by Crippen LogP contribution is 2.49. The number of pyridine rings is 1. The van der Waals surface area contributed by atoms with E-state index in [2.05, 4.69) is 16.7 Å². The number of para-hydroxylation sites is 1. The lowest BCUT2D eigenvalue weighted by molar-refractivity contribution is -0.248. The third kappa shape index (κ3) is 4.01. The summed E-state index contributed by atoms with van der Waals surface area (Å²) in [6.45, 7) is 5.64. The lowest BCUT2D eigenvalue weighted by atomic mass is 9.80. The molecule has 9 heteroatoms. The second-order valence-corrected chi connectivity index (χ2v) is 8.43. The van der Waals surface area contributed by atoms with Crippen molar-refractivity contribution in [1.82, 2.24) is 14.8 Å². The zero-order valence-corrected chi connectivity index (χ0v) is 19.6. The molecule has 188 valence electrons. The zero-order valence-electron chi connectivity index (χ0n) is 19.6. The summed E-state index contributed by atoms with van der Waals surface area (Å²) in [6, 6.07) is 15.7.